The van der Waals surface area contributed by atoms with Crippen LogP contribution >= 0.6 is 11.3 Å². The number of amides is 1. The molecule has 4 heteroatoms. The van der Waals surface area contributed by atoms with Gasteiger partial charge in [-0.3, -0.25) is 4.79 Å². The summed E-state index contributed by atoms with van der Waals surface area (Å²) in [6, 6.07) is 4.31. The average molecular weight is 262 g/mol. The molecule has 1 aliphatic carbocycles. The monoisotopic (exact) mass is 262 g/mol. The van der Waals surface area contributed by atoms with Gasteiger partial charge in [0, 0.05) is 4.88 Å². The molecule has 0 fully saturated rings. The van der Waals surface area contributed by atoms with Gasteiger partial charge in [0.05, 0.1) is 12.1 Å². The number of nitrogens with one attached hydrogen (secondary N) is 1. The lowest BCUT2D eigenvalue weighted by Crippen LogP contribution is -2.34. The molecule has 96 valence electrons. The molecule has 0 bridgehead atoms. The highest BCUT2D eigenvalue weighted by Crippen LogP contribution is 2.33. The number of hydrogen-bond acceptors (Lipinski definition) is 3. The second-order valence-corrected chi connectivity index (χ2v) is 5.72. The average Bonchev–Trinajstić information content (AvgIpc) is 2.85. The summed E-state index contributed by atoms with van der Waals surface area (Å²) in [5, 5.41) is 14.1. The molecule has 2 atom stereocenters. The van der Waals surface area contributed by atoms with Crippen LogP contribution in [0.25, 0.3) is 0 Å². The van der Waals surface area contributed by atoms with E-state index in [1.54, 1.807) is 11.3 Å². The smallest absolute Gasteiger partial charge is 0.237 e. The first-order chi connectivity index (χ1) is 8.76. The fourth-order valence-electron chi connectivity index (χ4n) is 2.45. The van der Waals surface area contributed by atoms with Crippen LogP contribution in [0.3, 0.4) is 0 Å². The quantitative estimate of drug-likeness (QED) is 0.906. The highest BCUT2D eigenvalue weighted by molar-refractivity contribution is 7.10. The number of rotatable bonds is 4. The maximum atomic E-state index is 12.0. The molecule has 2 rings (SSSR count). The molecule has 0 radical (unpaired) electrons. The minimum absolute atomic E-state index is 0.108. The second-order valence-electron chi connectivity index (χ2n) is 4.72. The van der Waals surface area contributed by atoms with Crippen molar-refractivity contribution >= 4 is 17.2 Å². The first-order valence-corrected chi connectivity index (χ1v) is 7.40. The molecule has 18 heavy (non-hydrogen) atoms. The molecule has 1 aromatic rings. The molecule has 1 aliphatic rings. The van der Waals surface area contributed by atoms with Crippen molar-refractivity contribution in [3.63, 3.8) is 0 Å². The number of thiophene rings is 1. The first kappa shape index (κ1) is 13.1. The van der Waals surface area contributed by atoms with Gasteiger partial charge >= 0.3 is 0 Å². The third kappa shape index (κ3) is 2.73. The van der Waals surface area contributed by atoms with E-state index in [1.165, 1.54) is 10.4 Å². The highest BCUT2D eigenvalue weighted by atomic mass is 32.1. The van der Waals surface area contributed by atoms with E-state index >= 15 is 0 Å². The van der Waals surface area contributed by atoms with E-state index < -0.39 is 5.92 Å². The number of hydrogen-bond donors (Lipinski definition) is 1. The van der Waals surface area contributed by atoms with Crippen molar-refractivity contribution in [2.24, 2.45) is 5.92 Å². The van der Waals surface area contributed by atoms with Crippen LogP contribution in [-0.4, -0.2) is 5.91 Å². The molecule has 0 spiro atoms. The molecule has 3 nitrogen and oxygen atoms in total. The van der Waals surface area contributed by atoms with Gasteiger partial charge in [0.2, 0.25) is 5.91 Å². The fraction of sp³-hybridized carbons (Fsp3) is 0.571. The summed E-state index contributed by atoms with van der Waals surface area (Å²) in [4.78, 5) is 13.4. The Labute approximate surface area is 112 Å². The van der Waals surface area contributed by atoms with Crippen LogP contribution in [0.5, 0.6) is 0 Å². The van der Waals surface area contributed by atoms with Crippen LogP contribution in [0.1, 0.15) is 49.1 Å². The minimum atomic E-state index is -0.501. The molecular weight excluding hydrogens is 244 g/mol. The number of aryl methyl sites for hydroxylation is 1. The Hall–Kier alpha value is -1.34. The van der Waals surface area contributed by atoms with Crippen molar-refractivity contribution < 1.29 is 4.79 Å². The fourth-order valence-corrected chi connectivity index (χ4v) is 3.44. The van der Waals surface area contributed by atoms with E-state index in [1.807, 2.05) is 6.92 Å². The maximum Gasteiger partial charge on any atom is 0.237 e. The molecule has 0 saturated heterocycles. The number of nitrogens with zero attached hydrogens (tertiary/aromatic N) is 1. The molecule has 0 aliphatic heterocycles. The number of nitriles is 1. The van der Waals surface area contributed by atoms with Crippen LogP contribution in [0.2, 0.25) is 0 Å². The lowest BCUT2D eigenvalue weighted by molar-refractivity contribution is -0.124. The molecule has 0 saturated carbocycles. The number of fused-ring (bicyclic) bond motifs is 1. The summed E-state index contributed by atoms with van der Waals surface area (Å²) in [6.45, 7) is 2.00. The SMILES string of the molecule is CCCC(C#N)C(=O)NC1CCCc2sccc21. The maximum absolute atomic E-state index is 12.0. The van der Waals surface area contributed by atoms with E-state index in [0.29, 0.717) is 6.42 Å². The second kappa shape index (κ2) is 6.01. The standard InChI is InChI=1S/C14H18N2OS/c1-2-4-10(9-15)14(17)16-12-5-3-6-13-11(12)7-8-18-13/h7-8,10,12H,2-6H2,1H3,(H,16,17). The molecule has 1 heterocycles. The van der Waals surface area contributed by atoms with E-state index in [4.69, 9.17) is 5.26 Å². The van der Waals surface area contributed by atoms with Crippen molar-refractivity contribution in [1.29, 1.82) is 5.26 Å². The van der Waals surface area contributed by atoms with Gasteiger partial charge in [-0.15, -0.1) is 11.3 Å². The van der Waals surface area contributed by atoms with E-state index in [9.17, 15) is 4.79 Å². The zero-order valence-electron chi connectivity index (χ0n) is 10.6. The molecule has 1 aromatic heterocycles. The van der Waals surface area contributed by atoms with E-state index in [-0.39, 0.29) is 11.9 Å². The van der Waals surface area contributed by atoms with Crippen LogP contribution in [0.4, 0.5) is 0 Å². The van der Waals surface area contributed by atoms with Gasteiger partial charge in [-0.2, -0.15) is 5.26 Å². The van der Waals surface area contributed by atoms with Crippen molar-refractivity contribution in [3.8, 4) is 6.07 Å². The van der Waals surface area contributed by atoms with Crippen molar-refractivity contribution in [1.82, 2.24) is 5.32 Å². The van der Waals surface area contributed by atoms with Gasteiger partial charge in [0.15, 0.2) is 0 Å². The Bertz CT molecular complexity index is 461. The third-order valence-electron chi connectivity index (χ3n) is 3.42. The third-order valence-corrected chi connectivity index (χ3v) is 4.41. The Morgan fingerprint density at radius 1 is 1.72 bits per heavy atom. The predicted molar refractivity (Wildman–Crippen MR) is 72.2 cm³/mol. The molecule has 1 N–H and O–H groups in total. The zero-order chi connectivity index (χ0) is 13.0. The number of carbonyl (C=O) groups excluding carboxylic acids is 1. The number of carbonyl (C=O) groups is 1. The van der Waals surface area contributed by atoms with Crippen molar-refractivity contribution in [2.45, 2.75) is 45.1 Å². The van der Waals surface area contributed by atoms with Crippen molar-refractivity contribution in [2.75, 3.05) is 0 Å². The minimum Gasteiger partial charge on any atom is -0.348 e. The van der Waals surface area contributed by atoms with Gasteiger partial charge in [-0.25, -0.2) is 0 Å². The summed E-state index contributed by atoms with van der Waals surface area (Å²) in [6.07, 6.45) is 4.73. The largest absolute Gasteiger partial charge is 0.348 e. The predicted octanol–water partition coefficient (Wildman–Crippen LogP) is 3.18. The molecule has 1 amide bonds. The van der Waals surface area contributed by atoms with Crippen LogP contribution < -0.4 is 5.32 Å². The van der Waals surface area contributed by atoms with Crippen LogP contribution in [0.15, 0.2) is 11.4 Å². The van der Waals surface area contributed by atoms with E-state index in [2.05, 4.69) is 22.8 Å². The molecule has 2 unspecified atom stereocenters. The zero-order valence-corrected chi connectivity index (χ0v) is 11.4. The summed E-state index contributed by atoms with van der Waals surface area (Å²) >= 11 is 1.76. The summed E-state index contributed by atoms with van der Waals surface area (Å²) in [5.41, 5.74) is 1.26. The summed E-state index contributed by atoms with van der Waals surface area (Å²) in [7, 11) is 0. The molecular formula is C14H18N2OS. The van der Waals surface area contributed by atoms with Gasteiger partial charge < -0.3 is 5.32 Å². The molecule has 0 aromatic carbocycles. The Morgan fingerprint density at radius 2 is 2.56 bits per heavy atom. The normalized spacial score (nSPS) is 19.7. The summed E-state index contributed by atoms with van der Waals surface area (Å²) in [5.74, 6) is -0.609. The van der Waals surface area contributed by atoms with E-state index in [0.717, 1.165) is 25.7 Å². The Kier molecular flexibility index (Phi) is 4.38. The highest BCUT2D eigenvalue weighted by Gasteiger charge is 2.25. The van der Waals surface area contributed by atoms with Crippen molar-refractivity contribution in [3.05, 3.63) is 21.9 Å². The topological polar surface area (TPSA) is 52.9 Å². The Morgan fingerprint density at radius 3 is 3.28 bits per heavy atom. The van der Waals surface area contributed by atoms with Gasteiger partial charge in [0.1, 0.15) is 5.92 Å². The van der Waals surface area contributed by atoms with Crippen LogP contribution in [0, 0.1) is 17.2 Å². The lowest BCUT2D eigenvalue weighted by atomic mass is 9.93. The summed E-state index contributed by atoms with van der Waals surface area (Å²) < 4.78 is 0. The lowest BCUT2D eigenvalue weighted by Gasteiger charge is -2.24. The van der Waals surface area contributed by atoms with Gasteiger partial charge in [-0.1, -0.05) is 13.3 Å². The van der Waals surface area contributed by atoms with Crippen LogP contribution in [-0.2, 0) is 11.2 Å². The van der Waals surface area contributed by atoms with Gasteiger partial charge in [-0.05, 0) is 42.7 Å². The van der Waals surface area contributed by atoms with Gasteiger partial charge in [0.25, 0.3) is 0 Å². The Balaban J connectivity index is 2.03. The first-order valence-electron chi connectivity index (χ1n) is 6.52.